The SMILES string of the molecule is Fc1cccc(F)c1-c1cccc2c1C1C=CC2C1. The Bertz CT molecular complexity index is 680. The van der Waals surface area contributed by atoms with Crippen LogP contribution in [0.5, 0.6) is 0 Å². The molecule has 0 saturated carbocycles. The molecule has 0 heterocycles. The van der Waals surface area contributed by atoms with Crippen molar-refractivity contribution < 1.29 is 8.78 Å². The molecule has 0 aromatic heterocycles. The molecule has 0 N–H and O–H groups in total. The topological polar surface area (TPSA) is 0 Å². The third-order valence-corrected chi connectivity index (χ3v) is 4.23. The van der Waals surface area contributed by atoms with Crippen molar-refractivity contribution in [2.75, 3.05) is 0 Å². The molecule has 2 atom stereocenters. The minimum atomic E-state index is -0.486. The van der Waals surface area contributed by atoms with Crippen LogP contribution < -0.4 is 0 Å². The van der Waals surface area contributed by atoms with E-state index < -0.39 is 11.6 Å². The molecule has 2 aliphatic rings. The average Bonchev–Trinajstić information content (AvgIpc) is 3.00. The highest BCUT2D eigenvalue weighted by Crippen LogP contribution is 2.51. The van der Waals surface area contributed by atoms with Gasteiger partial charge < -0.3 is 0 Å². The van der Waals surface area contributed by atoms with E-state index in [9.17, 15) is 8.78 Å². The Morgan fingerprint density at radius 3 is 2.32 bits per heavy atom. The normalized spacial score (nSPS) is 22.8. The third kappa shape index (κ3) is 1.43. The zero-order valence-corrected chi connectivity index (χ0v) is 10.2. The first-order valence-electron chi connectivity index (χ1n) is 6.51. The van der Waals surface area contributed by atoms with Gasteiger partial charge in [-0.2, -0.15) is 0 Å². The minimum absolute atomic E-state index is 0.111. The van der Waals surface area contributed by atoms with E-state index in [2.05, 4.69) is 18.2 Å². The number of rotatable bonds is 1. The van der Waals surface area contributed by atoms with Crippen LogP contribution in [0.3, 0.4) is 0 Å². The fourth-order valence-electron chi connectivity index (χ4n) is 3.44. The first-order valence-corrected chi connectivity index (χ1v) is 6.51. The summed E-state index contributed by atoms with van der Waals surface area (Å²) in [6.45, 7) is 0. The molecule has 0 amide bonds. The number of hydrogen-bond donors (Lipinski definition) is 0. The van der Waals surface area contributed by atoms with E-state index in [1.54, 1.807) is 0 Å². The van der Waals surface area contributed by atoms with Gasteiger partial charge in [0.05, 0.1) is 5.56 Å². The molecule has 0 spiro atoms. The van der Waals surface area contributed by atoms with E-state index in [-0.39, 0.29) is 5.56 Å². The molecule has 4 rings (SSSR count). The summed E-state index contributed by atoms with van der Waals surface area (Å²) in [7, 11) is 0. The van der Waals surface area contributed by atoms with Crippen molar-refractivity contribution in [1.29, 1.82) is 0 Å². The molecule has 2 unspecified atom stereocenters. The van der Waals surface area contributed by atoms with E-state index in [0.29, 0.717) is 17.4 Å². The largest absolute Gasteiger partial charge is 0.206 e. The van der Waals surface area contributed by atoms with E-state index in [1.807, 2.05) is 12.1 Å². The Hall–Kier alpha value is -1.96. The molecule has 0 saturated heterocycles. The van der Waals surface area contributed by atoms with Crippen molar-refractivity contribution in [1.82, 2.24) is 0 Å². The molecule has 2 aromatic carbocycles. The van der Waals surface area contributed by atoms with Crippen LogP contribution in [0.1, 0.15) is 29.4 Å². The van der Waals surface area contributed by atoms with Gasteiger partial charge >= 0.3 is 0 Å². The molecule has 0 fully saturated rings. The van der Waals surface area contributed by atoms with E-state index in [1.165, 1.54) is 23.8 Å². The fourth-order valence-corrected chi connectivity index (χ4v) is 3.44. The summed E-state index contributed by atoms with van der Waals surface area (Å²) in [5, 5.41) is 0. The van der Waals surface area contributed by atoms with Crippen LogP contribution in [0.4, 0.5) is 8.78 Å². The van der Waals surface area contributed by atoms with Gasteiger partial charge in [-0.3, -0.25) is 0 Å². The Balaban J connectivity index is 2.00. The average molecular weight is 254 g/mol. The van der Waals surface area contributed by atoms with Crippen LogP contribution in [0.25, 0.3) is 11.1 Å². The number of benzene rings is 2. The van der Waals surface area contributed by atoms with Crippen LogP contribution in [0.15, 0.2) is 48.6 Å². The van der Waals surface area contributed by atoms with Crippen molar-refractivity contribution in [3.63, 3.8) is 0 Å². The molecular weight excluding hydrogens is 242 g/mol. The molecular formula is C17H12F2. The lowest BCUT2D eigenvalue weighted by molar-refractivity contribution is 0.589. The van der Waals surface area contributed by atoms with Crippen LogP contribution in [-0.4, -0.2) is 0 Å². The molecule has 19 heavy (non-hydrogen) atoms. The zero-order chi connectivity index (χ0) is 13.0. The van der Waals surface area contributed by atoms with Gasteiger partial charge in [-0.1, -0.05) is 36.4 Å². The van der Waals surface area contributed by atoms with Crippen LogP contribution in [0.2, 0.25) is 0 Å². The smallest absolute Gasteiger partial charge is 0.133 e. The number of allylic oxidation sites excluding steroid dienone is 2. The Kier molecular flexibility index (Phi) is 2.16. The van der Waals surface area contributed by atoms with Gasteiger partial charge in [0.1, 0.15) is 11.6 Å². The lowest BCUT2D eigenvalue weighted by Crippen LogP contribution is -1.99. The summed E-state index contributed by atoms with van der Waals surface area (Å²) >= 11 is 0. The third-order valence-electron chi connectivity index (χ3n) is 4.23. The van der Waals surface area contributed by atoms with Crippen LogP contribution >= 0.6 is 0 Å². The standard InChI is InChI=1S/C17H12F2/c18-14-5-2-6-15(19)17(14)13-4-1-3-12-10-7-8-11(9-10)16(12)13/h1-8,10-11H,9H2. The maximum absolute atomic E-state index is 14.0. The highest BCUT2D eigenvalue weighted by atomic mass is 19.1. The quantitative estimate of drug-likeness (QED) is 0.643. The maximum atomic E-state index is 14.0. The minimum Gasteiger partial charge on any atom is -0.206 e. The molecule has 2 bridgehead atoms. The second-order valence-electron chi connectivity index (χ2n) is 5.24. The number of halogens is 2. The van der Waals surface area contributed by atoms with Crippen molar-refractivity contribution in [2.45, 2.75) is 18.3 Å². The van der Waals surface area contributed by atoms with E-state index >= 15 is 0 Å². The highest BCUT2D eigenvalue weighted by Gasteiger charge is 2.35. The summed E-state index contributed by atoms with van der Waals surface area (Å²) in [4.78, 5) is 0. The van der Waals surface area contributed by atoms with Gasteiger partial charge in [0.15, 0.2) is 0 Å². The molecule has 2 aliphatic carbocycles. The maximum Gasteiger partial charge on any atom is 0.133 e. The second-order valence-corrected chi connectivity index (χ2v) is 5.24. The molecule has 0 nitrogen and oxygen atoms in total. The van der Waals surface area contributed by atoms with E-state index in [4.69, 9.17) is 0 Å². The van der Waals surface area contributed by atoms with Crippen LogP contribution in [-0.2, 0) is 0 Å². The predicted octanol–water partition coefficient (Wildman–Crippen LogP) is 4.77. The van der Waals surface area contributed by atoms with E-state index in [0.717, 1.165) is 12.0 Å². The monoisotopic (exact) mass is 254 g/mol. The van der Waals surface area contributed by atoms with Crippen molar-refractivity contribution in [2.24, 2.45) is 0 Å². The summed E-state index contributed by atoms with van der Waals surface area (Å²) in [6, 6.07) is 9.85. The molecule has 94 valence electrons. The molecule has 2 heteroatoms. The van der Waals surface area contributed by atoms with Gasteiger partial charge in [0.25, 0.3) is 0 Å². The van der Waals surface area contributed by atoms with Gasteiger partial charge in [0, 0.05) is 11.8 Å². The van der Waals surface area contributed by atoms with Gasteiger partial charge in [-0.15, -0.1) is 0 Å². The zero-order valence-electron chi connectivity index (χ0n) is 10.2. The molecule has 2 aromatic rings. The summed E-state index contributed by atoms with van der Waals surface area (Å²) in [5.41, 5.74) is 3.16. The van der Waals surface area contributed by atoms with Crippen LogP contribution in [0, 0.1) is 11.6 Å². The Labute approximate surface area is 110 Å². The molecule has 0 radical (unpaired) electrons. The highest BCUT2D eigenvalue weighted by molar-refractivity contribution is 5.73. The lowest BCUT2D eigenvalue weighted by atomic mass is 9.88. The Morgan fingerprint density at radius 2 is 1.53 bits per heavy atom. The summed E-state index contributed by atoms with van der Waals surface area (Å²) < 4.78 is 28.0. The van der Waals surface area contributed by atoms with Gasteiger partial charge in [-0.05, 0) is 35.2 Å². The summed E-state index contributed by atoms with van der Waals surface area (Å²) in [5.74, 6) is -0.231. The van der Waals surface area contributed by atoms with Gasteiger partial charge in [0.2, 0.25) is 0 Å². The fraction of sp³-hybridized carbons (Fsp3) is 0.176. The van der Waals surface area contributed by atoms with Crippen molar-refractivity contribution in [3.05, 3.63) is 71.3 Å². The lowest BCUT2D eigenvalue weighted by Gasteiger charge is -2.16. The summed E-state index contributed by atoms with van der Waals surface area (Å²) in [6.07, 6.45) is 5.41. The van der Waals surface area contributed by atoms with Gasteiger partial charge in [-0.25, -0.2) is 8.78 Å². The first-order chi connectivity index (χ1) is 9.25. The molecule has 0 aliphatic heterocycles. The first kappa shape index (κ1) is 10.9. The predicted molar refractivity (Wildman–Crippen MR) is 71.0 cm³/mol. The van der Waals surface area contributed by atoms with Crippen molar-refractivity contribution in [3.8, 4) is 11.1 Å². The van der Waals surface area contributed by atoms with Crippen molar-refractivity contribution >= 4 is 0 Å². The number of fused-ring (bicyclic) bond motifs is 5. The second kappa shape index (κ2) is 3.77. The Morgan fingerprint density at radius 1 is 0.842 bits per heavy atom. The number of hydrogen-bond acceptors (Lipinski definition) is 0.